The van der Waals surface area contributed by atoms with Gasteiger partial charge in [-0.3, -0.25) is 4.79 Å². The van der Waals surface area contributed by atoms with Gasteiger partial charge in [0, 0.05) is 31.9 Å². The van der Waals surface area contributed by atoms with Gasteiger partial charge in [0.25, 0.3) is 5.91 Å². The van der Waals surface area contributed by atoms with Gasteiger partial charge in [-0.25, -0.2) is 4.79 Å². The molecule has 32 heavy (non-hydrogen) atoms. The minimum Gasteiger partial charge on any atom is -0.452 e. The molecular weight excluding hydrogens is 400 g/mol. The second kappa shape index (κ2) is 10.6. The summed E-state index contributed by atoms with van der Waals surface area (Å²) in [6, 6.07) is 27.8. The summed E-state index contributed by atoms with van der Waals surface area (Å²) in [5.41, 5.74) is 3.86. The van der Waals surface area contributed by atoms with Gasteiger partial charge in [-0.05, 0) is 42.2 Å². The van der Waals surface area contributed by atoms with E-state index in [1.54, 1.807) is 11.0 Å². The van der Waals surface area contributed by atoms with E-state index in [1.807, 2.05) is 54.6 Å². The molecule has 0 aliphatic carbocycles. The van der Waals surface area contributed by atoms with E-state index < -0.39 is 5.97 Å². The Balaban J connectivity index is 1.28. The van der Waals surface area contributed by atoms with Gasteiger partial charge >= 0.3 is 5.97 Å². The molecule has 0 saturated carbocycles. The molecule has 0 aromatic heterocycles. The van der Waals surface area contributed by atoms with Crippen LogP contribution < -0.4 is 4.90 Å². The van der Waals surface area contributed by atoms with Crippen molar-refractivity contribution in [2.75, 3.05) is 37.7 Å². The van der Waals surface area contributed by atoms with E-state index in [0.29, 0.717) is 18.7 Å². The summed E-state index contributed by atoms with van der Waals surface area (Å²) in [5, 5.41) is 0. The first-order valence-electron chi connectivity index (χ1n) is 11.1. The van der Waals surface area contributed by atoms with Crippen LogP contribution in [-0.2, 0) is 22.4 Å². The first-order chi connectivity index (χ1) is 15.7. The van der Waals surface area contributed by atoms with Gasteiger partial charge in [0.2, 0.25) is 0 Å². The standard InChI is InChI=1S/C27H28N2O3/c30-26(29-19-17-28(18-20-29)24-12-5-2-6-13-24)21-32-27(31)25-14-8-7-11-23(25)16-15-22-9-3-1-4-10-22/h1-14H,15-21H2. The van der Waals surface area contributed by atoms with E-state index in [1.165, 1.54) is 5.56 Å². The third-order valence-electron chi connectivity index (χ3n) is 5.84. The van der Waals surface area contributed by atoms with E-state index >= 15 is 0 Å². The van der Waals surface area contributed by atoms with Gasteiger partial charge in [-0.2, -0.15) is 0 Å². The highest BCUT2D eigenvalue weighted by atomic mass is 16.5. The number of aryl methyl sites for hydroxylation is 2. The molecule has 5 nitrogen and oxygen atoms in total. The molecule has 1 saturated heterocycles. The Kier molecular flexibility index (Phi) is 7.18. The predicted molar refractivity (Wildman–Crippen MR) is 126 cm³/mol. The Morgan fingerprint density at radius 2 is 1.34 bits per heavy atom. The summed E-state index contributed by atoms with van der Waals surface area (Å²) < 4.78 is 5.40. The number of hydrogen-bond donors (Lipinski definition) is 0. The Morgan fingerprint density at radius 1 is 0.719 bits per heavy atom. The van der Waals surface area contributed by atoms with Crippen LogP contribution in [0, 0.1) is 0 Å². The molecule has 3 aromatic carbocycles. The summed E-state index contributed by atoms with van der Waals surface area (Å²) >= 11 is 0. The lowest BCUT2D eigenvalue weighted by atomic mass is 10.00. The average molecular weight is 429 g/mol. The molecule has 0 spiro atoms. The van der Waals surface area contributed by atoms with Gasteiger partial charge in [0.05, 0.1) is 5.56 Å². The van der Waals surface area contributed by atoms with E-state index in [9.17, 15) is 9.59 Å². The zero-order chi connectivity index (χ0) is 22.2. The molecule has 3 aromatic rings. The maximum absolute atomic E-state index is 12.7. The molecule has 1 heterocycles. The first kappa shape index (κ1) is 21.6. The van der Waals surface area contributed by atoms with Crippen molar-refractivity contribution in [2.24, 2.45) is 0 Å². The lowest BCUT2D eigenvalue weighted by molar-refractivity contribution is -0.134. The molecular formula is C27H28N2O3. The average Bonchev–Trinajstić information content (AvgIpc) is 2.87. The van der Waals surface area contributed by atoms with E-state index in [0.717, 1.165) is 37.2 Å². The fraction of sp³-hybridized carbons (Fsp3) is 0.259. The van der Waals surface area contributed by atoms with Gasteiger partial charge in [-0.15, -0.1) is 0 Å². The smallest absolute Gasteiger partial charge is 0.338 e. The monoisotopic (exact) mass is 428 g/mol. The van der Waals surface area contributed by atoms with Crippen LogP contribution in [-0.4, -0.2) is 49.6 Å². The molecule has 0 N–H and O–H groups in total. The SMILES string of the molecule is O=C(OCC(=O)N1CCN(c2ccccc2)CC1)c1ccccc1CCc1ccccc1. The van der Waals surface area contributed by atoms with Gasteiger partial charge in [0.1, 0.15) is 0 Å². The van der Waals surface area contributed by atoms with Crippen molar-refractivity contribution in [3.05, 3.63) is 102 Å². The summed E-state index contributed by atoms with van der Waals surface area (Å²) in [5.74, 6) is -0.585. The fourth-order valence-electron chi connectivity index (χ4n) is 4.01. The van der Waals surface area contributed by atoms with E-state index in [2.05, 4.69) is 29.2 Å². The fourth-order valence-corrected chi connectivity index (χ4v) is 4.01. The molecule has 1 amide bonds. The third kappa shape index (κ3) is 5.55. The van der Waals surface area contributed by atoms with Crippen molar-refractivity contribution in [1.82, 2.24) is 4.90 Å². The van der Waals surface area contributed by atoms with Crippen LogP contribution in [0.2, 0.25) is 0 Å². The Morgan fingerprint density at radius 3 is 2.06 bits per heavy atom. The zero-order valence-corrected chi connectivity index (χ0v) is 18.2. The van der Waals surface area contributed by atoms with Crippen LogP contribution in [0.25, 0.3) is 0 Å². The molecule has 1 fully saturated rings. The predicted octanol–water partition coefficient (Wildman–Crippen LogP) is 3.98. The van der Waals surface area contributed by atoms with Crippen LogP contribution in [0.4, 0.5) is 5.69 Å². The van der Waals surface area contributed by atoms with Crippen molar-refractivity contribution < 1.29 is 14.3 Å². The van der Waals surface area contributed by atoms with E-state index in [-0.39, 0.29) is 12.5 Å². The maximum Gasteiger partial charge on any atom is 0.338 e. The largest absolute Gasteiger partial charge is 0.452 e. The quantitative estimate of drug-likeness (QED) is 0.534. The number of hydrogen-bond acceptors (Lipinski definition) is 4. The summed E-state index contributed by atoms with van der Waals surface area (Å²) in [6.07, 6.45) is 1.58. The summed E-state index contributed by atoms with van der Waals surface area (Å²) in [6.45, 7) is 2.56. The van der Waals surface area contributed by atoms with Gasteiger partial charge in [-0.1, -0.05) is 66.7 Å². The van der Waals surface area contributed by atoms with Crippen LogP contribution in [0.5, 0.6) is 0 Å². The van der Waals surface area contributed by atoms with Crippen molar-refractivity contribution in [3.8, 4) is 0 Å². The molecule has 1 aliphatic rings. The molecule has 4 rings (SSSR count). The lowest BCUT2D eigenvalue weighted by Gasteiger charge is -2.36. The third-order valence-corrected chi connectivity index (χ3v) is 5.84. The van der Waals surface area contributed by atoms with Crippen LogP contribution in [0.15, 0.2) is 84.9 Å². The number of carbonyl (C=O) groups excluding carboxylic acids is 2. The second-order valence-corrected chi connectivity index (χ2v) is 7.92. The second-order valence-electron chi connectivity index (χ2n) is 7.92. The summed E-state index contributed by atoms with van der Waals surface area (Å²) in [4.78, 5) is 29.3. The summed E-state index contributed by atoms with van der Waals surface area (Å²) in [7, 11) is 0. The number of carbonyl (C=O) groups is 2. The molecule has 0 unspecified atom stereocenters. The van der Waals surface area contributed by atoms with E-state index in [4.69, 9.17) is 4.74 Å². The number of ether oxygens (including phenoxy) is 1. The minimum atomic E-state index is -0.440. The number of anilines is 1. The molecule has 0 atom stereocenters. The van der Waals surface area contributed by atoms with Crippen LogP contribution in [0.3, 0.4) is 0 Å². The number of benzene rings is 3. The molecule has 0 bridgehead atoms. The normalized spacial score (nSPS) is 13.6. The van der Waals surface area contributed by atoms with Crippen molar-refractivity contribution in [1.29, 1.82) is 0 Å². The van der Waals surface area contributed by atoms with Crippen molar-refractivity contribution in [2.45, 2.75) is 12.8 Å². The topological polar surface area (TPSA) is 49.9 Å². The lowest BCUT2D eigenvalue weighted by Crippen LogP contribution is -2.49. The first-order valence-corrected chi connectivity index (χ1v) is 11.1. The maximum atomic E-state index is 12.7. The van der Waals surface area contributed by atoms with Crippen LogP contribution >= 0.6 is 0 Å². The number of rotatable bonds is 7. The van der Waals surface area contributed by atoms with Gasteiger partial charge in [0.15, 0.2) is 6.61 Å². The molecule has 1 aliphatic heterocycles. The highest BCUT2D eigenvalue weighted by Crippen LogP contribution is 2.17. The zero-order valence-electron chi connectivity index (χ0n) is 18.2. The molecule has 164 valence electrons. The highest BCUT2D eigenvalue weighted by Gasteiger charge is 2.23. The number of para-hydroxylation sites is 1. The Hall–Kier alpha value is -3.60. The number of esters is 1. The minimum absolute atomic E-state index is 0.146. The van der Waals surface area contributed by atoms with Crippen molar-refractivity contribution in [3.63, 3.8) is 0 Å². The molecule has 5 heteroatoms. The number of nitrogens with zero attached hydrogens (tertiary/aromatic N) is 2. The van der Waals surface area contributed by atoms with Crippen molar-refractivity contribution >= 4 is 17.6 Å². The number of amides is 1. The Labute approximate surface area is 189 Å². The number of piperazine rings is 1. The molecule has 0 radical (unpaired) electrons. The Bertz CT molecular complexity index is 1030. The highest BCUT2D eigenvalue weighted by molar-refractivity contribution is 5.92. The van der Waals surface area contributed by atoms with Gasteiger partial charge < -0.3 is 14.5 Å². The van der Waals surface area contributed by atoms with Crippen LogP contribution in [0.1, 0.15) is 21.5 Å².